The highest BCUT2D eigenvalue weighted by atomic mass is 16.5. The van der Waals surface area contributed by atoms with Gasteiger partial charge in [-0.25, -0.2) is 0 Å². The maximum absolute atomic E-state index is 6.33. The third-order valence-electron chi connectivity index (χ3n) is 5.82. The van der Waals surface area contributed by atoms with Crippen LogP contribution in [0.1, 0.15) is 49.8 Å². The van der Waals surface area contributed by atoms with Gasteiger partial charge in [-0.3, -0.25) is 0 Å². The van der Waals surface area contributed by atoms with Crippen LogP contribution in [0.25, 0.3) is 0 Å². The molecular weight excluding hydrogens is 368 g/mol. The van der Waals surface area contributed by atoms with Gasteiger partial charge in [0.05, 0.1) is 27.4 Å². The first-order valence-corrected chi connectivity index (χ1v) is 10.3. The van der Waals surface area contributed by atoms with E-state index in [9.17, 15) is 0 Å². The molecule has 1 unspecified atom stereocenters. The van der Waals surface area contributed by atoms with Crippen LogP contribution in [0.3, 0.4) is 0 Å². The van der Waals surface area contributed by atoms with E-state index in [1.54, 1.807) is 14.2 Å². The highest BCUT2D eigenvalue weighted by Crippen LogP contribution is 2.49. The van der Waals surface area contributed by atoms with Gasteiger partial charge in [0.15, 0.2) is 0 Å². The Bertz CT molecular complexity index is 903. The Balaban J connectivity index is 1.69. The van der Waals surface area contributed by atoms with Crippen molar-refractivity contribution in [3.8, 4) is 28.7 Å². The minimum absolute atomic E-state index is 0.168. The second kappa shape index (κ2) is 7.69. The molecule has 1 atom stereocenters. The van der Waals surface area contributed by atoms with Crippen LogP contribution in [0.4, 0.5) is 0 Å². The van der Waals surface area contributed by atoms with Gasteiger partial charge >= 0.3 is 0 Å². The fourth-order valence-electron chi connectivity index (χ4n) is 4.33. The normalized spacial score (nSPS) is 19.3. The zero-order valence-corrected chi connectivity index (χ0v) is 18.0. The average Bonchev–Trinajstić information content (AvgIpc) is 2.72. The Kier molecular flexibility index (Phi) is 5.24. The first-order valence-electron chi connectivity index (χ1n) is 10.3. The van der Waals surface area contributed by atoms with Crippen LogP contribution in [0.5, 0.6) is 28.7 Å². The molecule has 0 fully saturated rings. The number of methoxy groups -OCH3 is 2. The van der Waals surface area contributed by atoms with E-state index in [1.807, 2.05) is 25.1 Å². The monoisotopic (exact) mass is 398 g/mol. The third kappa shape index (κ3) is 3.70. The van der Waals surface area contributed by atoms with E-state index in [2.05, 4.69) is 19.9 Å². The van der Waals surface area contributed by atoms with Gasteiger partial charge in [0, 0.05) is 34.7 Å². The zero-order chi connectivity index (χ0) is 20.6. The van der Waals surface area contributed by atoms with Crippen LogP contribution < -0.4 is 23.7 Å². The molecule has 0 saturated heterocycles. The Labute approximate surface area is 172 Å². The van der Waals surface area contributed by atoms with Crippen LogP contribution in [0.15, 0.2) is 24.3 Å². The lowest BCUT2D eigenvalue weighted by molar-refractivity contribution is 0.0821. The molecule has 2 aliphatic rings. The lowest BCUT2D eigenvalue weighted by Crippen LogP contribution is -2.33. The van der Waals surface area contributed by atoms with Gasteiger partial charge in [0.1, 0.15) is 34.3 Å². The summed E-state index contributed by atoms with van der Waals surface area (Å²) in [4.78, 5) is 0. The van der Waals surface area contributed by atoms with E-state index in [-0.39, 0.29) is 11.5 Å². The minimum Gasteiger partial charge on any atom is -0.496 e. The highest BCUT2D eigenvalue weighted by molar-refractivity contribution is 5.60. The van der Waals surface area contributed by atoms with Gasteiger partial charge in [-0.1, -0.05) is 6.07 Å². The maximum Gasteiger partial charge on any atom is 0.133 e. The number of hydrogen-bond acceptors (Lipinski definition) is 5. The summed E-state index contributed by atoms with van der Waals surface area (Å²) in [6.45, 7) is 7.45. The molecule has 0 radical (unpaired) electrons. The Morgan fingerprint density at radius 1 is 1.07 bits per heavy atom. The van der Waals surface area contributed by atoms with Gasteiger partial charge in [-0.15, -0.1) is 0 Å². The molecule has 2 aromatic rings. The van der Waals surface area contributed by atoms with Crippen molar-refractivity contribution in [3.05, 3.63) is 41.0 Å². The number of fused-ring (bicyclic) bond motifs is 3. The van der Waals surface area contributed by atoms with Gasteiger partial charge in [0.2, 0.25) is 0 Å². The number of ether oxygens (including phenoxy) is 5. The summed E-state index contributed by atoms with van der Waals surface area (Å²) in [6.07, 6.45) is 2.75. The smallest absolute Gasteiger partial charge is 0.133 e. The maximum atomic E-state index is 6.33. The lowest BCUT2D eigenvalue weighted by Gasteiger charge is -2.36. The summed E-state index contributed by atoms with van der Waals surface area (Å²) in [5.41, 5.74) is 3.23. The molecule has 0 spiro atoms. The molecule has 156 valence electrons. The molecule has 4 rings (SSSR count). The minimum atomic E-state index is -0.168. The van der Waals surface area contributed by atoms with Crippen molar-refractivity contribution in [2.24, 2.45) is 0 Å². The van der Waals surface area contributed by atoms with Crippen molar-refractivity contribution in [2.75, 3.05) is 27.4 Å². The molecule has 2 heterocycles. The fourth-order valence-corrected chi connectivity index (χ4v) is 4.33. The topological polar surface area (TPSA) is 46.2 Å². The number of rotatable bonds is 5. The van der Waals surface area contributed by atoms with E-state index >= 15 is 0 Å². The largest absolute Gasteiger partial charge is 0.496 e. The van der Waals surface area contributed by atoms with Gasteiger partial charge in [0.25, 0.3) is 0 Å². The molecule has 0 saturated carbocycles. The molecule has 0 aromatic heterocycles. The molecule has 0 bridgehead atoms. The van der Waals surface area contributed by atoms with Gasteiger partial charge in [-0.2, -0.15) is 0 Å². The van der Waals surface area contributed by atoms with Gasteiger partial charge in [-0.05, 0) is 46.1 Å². The molecular formula is C24H30O5. The van der Waals surface area contributed by atoms with Crippen LogP contribution >= 0.6 is 0 Å². The lowest BCUT2D eigenvalue weighted by atomic mass is 9.85. The molecule has 5 heteroatoms. The van der Waals surface area contributed by atoms with E-state index in [0.29, 0.717) is 13.2 Å². The molecule has 2 aromatic carbocycles. The third-order valence-corrected chi connectivity index (χ3v) is 5.82. The number of hydrogen-bond donors (Lipinski definition) is 0. The van der Waals surface area contributed by atoms with E-state index < -0.39 is 0 Å². The second-order valence-corrected chi connectivity index (χ2v) is 8.27. The molecule has 5 nitrogen and oxygen atoms in total. The Hall–Kier alpha value is -2.56. The summed E-state index contributed by atoms with van der Waals surface area (Å²) >= 11 is 0. The van der Waals surface area contributed by atoms with Crippen LogP contribution in [-0.2, 0) is 12.8 Å². The van der Waals surface area contributed by atoms with E-state index in [1.165, 1.54) is 0 Å². The molecule has 0 amide bonds. The average molecular weight is 398 g/mol. The summed E-state index contributed by atoms with van der Waals surface area (Å²) in [6, 6.07) is 8.06. The molecule has 0 aliphatic carbocycles. The van der Waals surface area contributed by atoms with Crippen molar-refractivity contribution >= 4 is 0 Å². The Morgan fingerprint density at radius 3 is 2.59 bits per heavy atom. The first-order chi connectivity index (χ1) is 14.0. The van der Waals surface area contributed by atoms with Gasteiger partial charge < -0.3 is 23.7 Å². The molecule has 29 heavy (non-hydrogen) atoms. The molecule has 2 aliphatic heterocycles. The zero-order valence-electron chi connectivity index (χ0n) is 18.0. The predicted octanol–water partition coefficient (Wildman–Crippen LogP) is 4.92. The quantitative estimate of drug-likeness (QED) is 0.715. The van der Waals surface area contributed by atoms with Crippen molar-refractivity contribution < 1.29 is 23.7 Å². The number of benzene rings is 2. The van der Waals surface area contributed by atoms with Crippen LogP contribution in [0, 0.1) is 0 Å². The second-order valence-electron chi connectivity index (χ2n) is 8.27. The van der Waals surface area contributed by atoms with E-state index in [4.69, 9.17) is 23.7 Å². The highest BCUT2D eigenvalue weighted by Gasteiger charge is 2.35. The summed E-state index contributed by atoms with van der Waals surface area (Å²) in [5, 5.41) is 0. The predicted molar refractivity (Wildman–Crippen MR) is 112 cm³/mol. The standard InChI is InChI=1S/C24H30O5/c1-6-27-16-7-8-17(20(12-16)25-4)15-11-19-21(26-5)13-22-18(23(19)28-14-15)9-10-24(2,3)29-22/h7-8,12-13,15H,6,9-11,14H2,1-5H3. The summed E-state index contributed by atoms with van der Waals surface area (Å²) in [7, 11) is 3.40. The summed E-state index contributed by atoms with van der Waals surface area (Å²) in [5.74, 6) is 4.48. The SMILES string of the molecule is CCOc1ccc(C2COc3c(c(OC)cc4c3CCC(C)(C)O4)C2)c(OC)c1. The van der Waals surface area contributed by atoms with Crippen LogP contribution in [0.2, 0.25) is 0 Å². The Morgan fingerprint density at radius 2 is 1.86 bits per heavy atom. The van der Waals surface area contributed by atoms with Crippen molar-refractivity contribution in [1.82, 2.24) is 0 Å². The molecule has 0 N–H and O–H groups in total. The van der Waals surface area contributed by atoms with E-state index in [0.717, 1.165) is 64.7 Å². The van der Waals surface area contributed by atoms with Crippen molar-refractivity contribution in [1.29, 1.82) is 0 Å². The first kappa shape index (κ1) is 19.7. The summed E-state index contributed by atoms with van der Waals surface area (Å²) < 4.78 is 29.5. The fraction of sp³-hybridized carbons (Fsp3) is 0.500. The van der Waals surface area contributed by atoms with Crippen LogP contribution in [-0.4, -0.2) is 33.0 Å². The van der Waals surface area contributed by atoms with Crippen molar-refractivity contribution in [3.63, 3.8) is 0 Å². The van der Waals surface area contributed by atoms with Crippen molar-refractivity contribution in [2.45, 2.75) is 51.6 Å².